The van der Waals surface area contributed by atoms with Crippen molar-refractivity contribution in [3.8, 4) is 5.75 Å². The second kappa shape index (κ2) is 6.00. The molecule has 1 aliphatic rings. The molecule has 0 radical (unpaired) electrons. The number of carbonyl (C=O) groups excluding carboxylic acids is 1. The molecular weight excluding hydrogens is 298 g/mol. The Labute approximate surface area is 122 Å². The maximum Gasteiger partial charge on any atom is 0.341 e. The summed E-state index contributed by atoms with van der Waals surface area (Å²) in [6.07, 6.45) is 1.29. The first kappa shape index (κ1) is 15.7. The van der Waals surface area contributed by atoms with Gasteiger partial charge < -0.3 is 14.6 Å². The van der Waals surface area contributed by atoms with Crippen molar-refractivity contribution in [1.82, 2.24) is 4.72 Å². The Morgan fingerprint density at radius 1 is 1.33 bits per heavy atom. The van der Waals surface area contributed by atoms with E-state index < -0.39 is 16.0 Å². The van der Waals surface area contributed by atoms with Gasteiger partial charge in [-0.2, -0.15) is 0 Å². The van der Waals surface area contributed by atoms with Crippen LogP contribution in [0.1, 0.15) is 23.2 Å². The second-order valence-corrected chi connectivity index (χ2v) is 6.53. The highest BCUT2D eigenvalue weighted by molar-refractivity contribution is 7.89. The van der Waals surface area contributed by atoms with Gasteiger partial charge in [-0.15, -0.1) is 0 Å². The van der Waals surface area contributed by atoms with Crippen molar-refractivity contribution in [3.05, 3.63) is 23.8 Å². The summed E-state index contributed by atoms with van der Waals surface area (Å²) in [6, 6.07) is 3.29. The molecule has 1 saturated carbocycles. The molecule has 21 heavy (non-hydrogen) atoms. The number of benzene rings is 1. The lowest BCUT2D eigenvalue weighted by Gasteiger charge is -2.34. The average Bonchev–Trinajstić information content (AvgIpc) is 2.41. The summed E-state index contributed by atoms with van der Waals surface area (Å²) in [4.78, 5) is 11.4. The van der Waals surface area contributed by atoms with Crippen molar-refractivity contribution in [2.75, 3.05) is 14.2 Å². The summed E-state index contributed by atoms with van der Waals surface area (Å²) in [5.74, 6) is -1.13. The number of hydrogen-bond donors (Lipinski definition) is 2. The van der Waals surface area contributed by atoms with Gasteiger partial charge in [0.2, 0.25) is 10.0 Å². The van der Waals surface area contributed by atoms with Gasteiger partial charge in [0.25, 0.3) is 0 Å². The molecule has 1 aliphatic carbocycles. The topological polar surface area (TPSA) is 102 Å². The monoisotopic (exact) mass is 315 g/mol. The van der Waals surface area contributed by atoms with E-state index in [0.29, 0.717) is 12.8 Å². The number of rotatable bonds is 5. The normalized spacial score (nSPS) is 21.6. The van der Waals surface area contributed by atoms with Crippen molar-refractivity contribution in [2.45, 2.75) is 29.9 Å². The number of phenolic OH excluding ortho intramolecular Hbond substituents is 1. The van der Waals surface area contributed by atoms with Gasteiger partial charge in [0.15, 0.2) is 0 Å². The van der Waals surface area contributed by atoms with E-state index in [1.165, 1.54) is 6.07 Å². The predicted octanol–water partition coefficient (Wildman–Crippen LogP) is 0.634. The van der Waals surface area contributed by atoms with Crippen LogP contribution in [0.25, 0.3) is 0 Å². The lowest BCUT2D eigenvalue weighted by atomic mass is 9.90. The fraction of sp³-hybridized carbons (Fsp3) is 0.462. The molecule has 2 rings (SSSR count). The standard InChI is InChI=1S/C13H17NO6S/c1-19-9-5-8(6-9)14-21(17,18)10-3-4-12(15)11(7-10)13(16)20-2/h3-4,7-9,14-15H,5-6H2,1-2H3. The molecule has 2 N–H and O–H groups in total. The summed E-state index contributed by atoms with van der Waals surface area (Å²) in [5, 5.41) is 9.58. The molecule has 116 valence electrons. The lowest BCUT2D eigenvalue weighted by Crippen LogP contribution is -2.47. The van der Waals surface area contributed by atoms with Crippen LogP contribution in [0.5, 0.6) is 5.75 Å². The Kier molecular flexibility index (Phi) is 4.50. The van der Waals surface area contributed by atoms with E-state index in [2.05, 4.69) is 9.46 Å². The van der Waals surface area contributed by atoms with Crippen LogP contribution in [-0.4, -0.2) is 45.9 Å². The molecule has 0 amide bonds. The van der Waals surface area contributed by atoms with Gasteiger partial charge in [-0.25, -0.2) is 17.9 Å². The Bertz CT molecular complexity index is 636. The van der Waals surface area contributed by atoms with Crippen LogP contribution in [0, 0.1) is 0 Å². The van der Waals surface area contributed by atoms with Gasteiger partial charge in [0.1, 0.15) is 11.3 Å². The molecule has 1 fully saturated rings. The van der Waals surface area contributed by atoms with Crippen LogP contribution in [0.2, 0.25) is 0 Å². The first-order valence-electron chi connectivity index (χ1n) is 6.34. The number of phenols is 1. The Balaban J connectivity index is 2.19. The minimum absolute atomic E-state index is 0.0724. The number of aromatic hydroxyl groups is 1. The second-order valence-electron chi connectivity index (χ2n) is 4.82. The summed E-state index contributed by atoms with van der Waals surface area (Å²) >= 11 is 0. The van der Waals surface area contributed by atoms with Crippen molar-refractivity contribution in [2.24, 2.45) is 0 Å². The molecule has 1 aromatic rings. The van der Waals surface area contributed by atoms with E-state index in [4.69, 9.17) is 4.74 Å². The number of nitrogens with one attached hydrogen (secondary N) is 1. The molecule has 0 atom stereocenters. The van der Waals surface area contributed by atoms with Gasteiger partial charge in [-0.3, -0.25) is 0 Å². The van der Waals surface area contributed by atoms with Crippen LogP contribution >= 0.6 is 0 Å². The SMILES string of the molecule is COC(=O)c1cc(S(=O)(=O)NC2CC(OC)C2)ccc1O. The zero-order valence-corrected chi connectivity index (χ0v) is 12.5. The molecule has 0 aliphatic heterocycles. The van der Waals surface area contributed by atoms with E-state index in [-0.39, 0.29) is 28.4 Å². The van der Waals surface area contributed by atoms with Gasteiger partial charge >= 0.3 is 5.97 Å². The maximum absolute atomic E-state index is 12.2. The summed E-state index contributed by atoms with van der Waals surface area (Å²) in [7, 11) is -1.02. The number of hydrogen-bond acceptors (Lipinski definition) is 6. The first-order valence-corrected chi connectivity index (χ1v) is 7.82. The Morgan fingerprint density at radius 2 is 2.00 bits per heavy atom. The van der Waals surface area contributed by atoms with Crippen LogP contribution in [0.3, 0.4) is 0 Å². The first-order chi connectivity index (χ1) is 9.87. The molecule has 1 aromatic carbocycles. The highest BCUT2D eigenvalue weighted by atomic mass is 32.2. The van der Waals surface area contributed by atoms with Crippen LogP contribution in [-0.2, 0) is 19.5 Å². The largest absolute Gasteiger partial charge is 0.507 e. The number of ether oxygens (including phenoxy) is 2. The third-order valence-corrected chi connectivity index (χ3v) is 4.95. The van der Waals surface area contributed by atoms with Crippen molar-refractivity contribution >= 4 is 16.0 Å². The van der Waals surface area contributed by atoms with Crippen molar-refractivity contribution in [1.29, 1.82) is 0 Å². The molecule has 8 heteroatoms. The fourth-order valence-corrected chi connectivity index (χ4v) is 3.39. The molecular formula is C13H17NO6S. The minimum Gasteiger partial charge on any atom is -0.507 e. The Morgan fingerprint density at radius 3 is 2.57 bits per heavy atom. The van der Waals surface area contributed by atoms with Crippen LogP contribution in [0.4, 0.5) is 0 Å². The lowest BCUT2D eigenvalue weighted by molar-refractivity contribution is 0.0236. The number of carbonyl (C=O) groups is 1. The van der Waals surface area contributed by atoms with Gasteiger partial charge in [-0.05, 0) is 31.0 Å². The highest BCUT2D eigenvalue weighted by Crippen LogP contribution is 2.26. The van der Waals surface area contributed by atoms with E-state index in [1.54, 1.807) is 7.11 Å². The summed E-state index contributed by atoms with van der Waals surface area (Å²) in [5.41, 5.74) is -0.191. The molecule has 0 bridgehead atoms. The van der Waals surface area contributed by atoms with Crippen LogP contribution in [0.15, 0.2) is 23.1 Å². The summed E-state index contributed by atoms with van der Waals surface area (Å²) < 4.78 is 36.6. The van der Waals surface area contributed by atoms with E-state index in [9.17, 15) is 18.3 Å². The maximum atomic E-state index is 12.2. The van der Waals surface area contributed by atoms with Crippen molar-refractivity contribution in [3.63, 3.8) is 0 Å². The van der Waals surface area contributed by atoms with Crippen LogP contribution < -0.4 is 4.72 Å². The zero-order chi connectivity index (χ0) is 15.6. The number of esters is 1. The van der Waals surface area contributed by atoms with Crippen molar-refractivity contribution < 1.29 is 27.8 Å². The number of sulfonamides is 1. The van der Waals surface area contributed by atoms with E-state index in [1.807, 2.05) is 0 Å². The third kappa shape index (κ3) is 3.34. The smallest absolute Gasteiger partial charge is 0.341 e. The Hall–Kier alpha value is -1.64. The summed E-state index contributed by atoms with van der Waals surface area (Å²) in [6.45, 7) is 0. The van der Waals surface area contributed by atoms with Gasteiger partial charge in [0.05, 0.1) is 18.1 Å². The van der Waals surface area contributed by atoms with Gasteiger partial charge in [-0.1, -0.05) is 0 Å². The minimum atomic E-state index is -3.76. The quantitative estimate of drug-likeness (QED) is 0.773. The molecule has 0 heterocycles. The predicted molar refractivity (Wildman–Crippen MR) is 73.6 cm³/mol. The third-order valence-electron chi connectivity index (χ3n) is 3.43. The molecule has 7 nitrogen and oxygen atoms in total. The fourth-order valence-electron chi connectivity index (χ4n) is 2.10. The van der Waals surface area contributed by atoms with E-state index >= 15 is 0 Å². The average molecular weight is 315 g/mol. The van der Waals surface area contributed by atoms with Gasteiger partial charge in [0, 0.05) is 13.2 Å². The zero-order valence-electron chi connectivity index (χ0n) is 11.7. The molecule has 0 spiro atoms. The molecule has 0 unspecified atom stereocenters. The highest BCUT2D eigenvalue weighted by Gasteiger charge is 2.33. The van der Waals surface area contributed by atoms with E-state index in [0.717, 1.165) is 19.2 Å². The molecule has 0 saturated heterocycles. The molecule has 0 aromatic heterocycles. The number of methoxy groups -OCH3 is 2.